The Kier molecular flexibility index (Phi) is 6.64. The van der Waals surface area contributed by atoms with Crippen molar-refractivity contribution >= 4 is 46.3 Å². The smallest absolute Gasteiger partial charge is 0.250 e. The molecule has 1 aromatic heterocycles. The van der Waals surface area contributed by atoms with Gasteiger partial charge >= 0.3 is 0 Å². The number of rotatable bonds is 7. The number of amides is 1. The number of aromatic nitrogens is 3. The molecule has 0 aliphatic heterocycles. The summed E-state index contributed by atoms with van der Waals surface area (Å²) in [4.78, 5) is 12.3. The Morgan fingerprint density at radius 1 is 1.10 bits per heavy atom. The number of thioether (sulfide) groups is 1. The molecule has 0 spiro atoms. The van der Waals surface area contributed by atoms with Gasteiger partial charge in [0.05, 0.1) is 12.0 Å². The minimum absolute atomic E-state index is 0.186. The van der Waals surface area contributed by atoms with Crippen LogP contribution in [0.1, 0.15) is 12.5 Å². The first-order valence-electron chi connectivity index (χ1n) is 9.77. The summed E-state index contributed by atoms with van der Waals surface area (Å²) in [6.07, 6.45) is 1.66. The van der Waals surface area contributed by atoms with E-state index >= 15 is 0 Å². The Morgan fingerprint density at radius 2 is 1.87 bits per heavy atom. The lowest BCUT2D eigenvalue weighted by Crippen LogP contribution is -2.20. The summed E-state index contributed by atoms with van der Waals surface area (Å²) >= 11 is 7.29. The maximum absolute atomic E-state index is 12.3. The van der Waals surface area contributed by atoms with E-state index in [-0.39, 0.29) is 11.7 Å². The molecular formula is C23H20ClN5OS. The first-order chi connectivity index (χ1) is 15.2. The topological polar surface area (TPSA) is 72.2 Å². The van der Waals surface area contributed by atoms with Gasteiger partial charge in [0, 0.05) is 22.7 Å². The number of hydrogen-bond acceptors (Lipinski definition) is 5. The summed E-state index contributed by atoms with van der Waals surface area (Å²) < 4.78 is 1.97. The molecule has 0 radical (unpaired) electrons. The molecule has 0 atom stereocenters. The standard InChI is InChI=1S/C23H20ClN5OS/c1-2-29-22(17-10-12-19(24)13-11-17)27-28-23(29)31-15-21(30)26-25-14-18-8-5-7-16-6-3-4-9-20(16)18/h3-14H,2,15H2,1H3,(H,26,30)/b25-14-. The van der Waals surface area contributed by atoms with Gasteiger partial charge in [0.25, 0.3) is 5.91 Å². The molecule has 0 bridgehead atoms. The quantitative estimate of drug-likeness (QED) is 0.244. The van der Waals surface area contributed by atoms with Gasteiger partial charge in [0.15, 0.2) is 11.0 Å². The third-order valence-corrected chi connectivity index (χ3v) is 5.90. The van der Waals surface area contributed by atoms with Gasteiger partial charge in [-0.2, -0.15) is 5.10 Å². The van der Waals surface area contributed by atoms with Crippen LogP contribution in [0, 0.1) is 0 Å². The highest BCUT2D eigenvalue weighted by molar-refractivity contribution is 7.99. The zero-order chi connectivity index (χ0) is 21.6. The molecule has 1 amide bonds. The van der Waals surface area contributed by atoms with E-state index < -0.39 is 0 Å². The maximum Gasteiger partial charge on any atom is 0.250 e. The van der Waals surface area contributed by atoms with E-state index in [0.29, 0.717) is 16.7 Å². The minimum atomic E-state index is -0.208. The third kappa shape index (κ3) is 4.95. The number of hydrazone groups is 1. The molecule has 3 aromatic carbocycles. The number of benzene rings is 3. The number of fused-ring (bicyclic) bond motifs is 1. The average Bonchev–Trinajstić information content (AvgIpc) is 3.21. The second-order valence-corrected chi connectivity index (χ2v) is 8.09. The second kappa shape index (κ2) is 9.76. The van der Waals surface area contributed by atoms with Gasteiger partial charge in [-0.15, -0.1) is 10.2 Å². The van der Waals surface area contributed by atoms with E-state index in [2.05, 4.69) is 20.7 Å². The number of carbonyl (C=O) groups is 1. The molecular weight excluding hydrogens is 430 g/mol. The Bertz CT molecular complexity index is 1230. The Labute approximate surface area is 189 Å². The molecule has 1 N–H and O–H groups in total. The van der Waals surface area contributed by atoms with Crippen molar-refractivity contribution in [2.24, 2.45) is 5.10 Å². The van der Waals surface area contributed by atoms with Crippen LogP contribution in [-0.2, 0) is 11.3 Å². The molecule has 8 heteroatoms. The summed E-state index contributed by atoms with van der Waals surface area (Å²) in [5.74, 6) is 0.724. The van der Waals surface area contributed by atoms with Crippen molar-refractivity contribution in [3.8, 4) is 11.4 Å². The number of halogens is 1. The summed E-state index contributed by atoms with van der Waals surface area (Å²) in [7, 11) is 0. The number of carbonyl (C=O) groups excluding carboxylic acids is 1. The Hall–Kier alpha value is -3.16. The second-order valence-electron chi connectivity index (χ2n) is 6.71. The maximum atomic E-state index is 12.3. The van der Waals surface area contributed by atoms with E-state index in [1.165, 1.54) is 11.8 Å². The summed E-state index contributed by atoms with van der Waals surface area (Å²) in [6.45, 7) is 2.70. The molecule has 156 valence electrons. The van der Waals surface area contributed by atoms with Crippen LogP contribution in [0.4, 0.5) is 0 Å². The molecule has 0 aliphatic carbocycles. The third-order valence-electron chi connectivity index (χ3n) is 4.68. The van der Waals surface area contributed by atoms with Gasteiger partial charge in [-0.25, -0.2) is 5.43 Å². The SMILES string of the molecule is CCn1c(SCC(=O)N/N=C\c2cccc3ccccc23)nnc1-c1ccc(Cl)cc1. The van der Waals surface area contributed by atoms with E-state index in [1.54, 1.807) is 6.21 Å². The summed E-state index contributed by atoms with van der Waals surface area (Å²) in [5.41, 5.74) is 4.46. The van der Waals surface area contributed by atoms with Crippen molar-refractivity contribution in [1.82, 2.24) is 20.2 Å². The van der Waals surface area contributed by atoms with E-state index in [1.807, 2.05) is 78.2 Å². The van der Waals surface area contributed by atoms with Gasteiger partial charge in [0.1, 0.15) is 0 Å². The van der Waals surface area contributed by atoms with Crippen LogP contribution in [0.15, 0.2) is 77.0 Å². The number of hydrogen-bond donors (Lipinski definition) is 1. The number of nitrogens with zero attached hydrogens (tertiary/aromatic N) is 4. The normalized spacial score (nSPS) is 11.3. The lowest BCUT2D eigenvalue weighted by atomic mass is 10.1. The van der Waals surface area contributed by atoms with Crippen LogP contribution in [-0.4, -0.2) is 32.6 Å². The lowest BCUT2D eigenvalue weighted by molar-refractivity contribution is -0.118. The van der Waals surface area contributed by atoms with E-state index in [0.717, 1.165) is 27.7 Å². The summed E-state index contributed by atoms with van der Waals surface area (Å²) in [5, 5.41) is 16.2. The van der Waals surface area contributed by atoms with Crippen LogP contribution >= 0.6 is 23.4 Å². The predicted molar refractivity (Wildman–Crippen MR) is 127 cm³/mol. The molecule has 4 rings (SSSR count). The molecule has 31 heavy (non-hydrogen) atoms. The van der Waals surface area contributed by atoms with Crippen LogP contribution in [0.5, 0.6) is 0 Å². The molecule has 4 aromatic rings. The average molecular weight is 450 g/mol. The van der Waals surface area contributed by atoms with Gasteiger partial charge < -0.3 is 4.57 Å². The zero-order valence-corrected chi connectivity index (χ0v) is 18.4. The molecule has 0 fully saturated rings. The van der Waals surface area contributed by atoms with Crippen molar-refractivity contribution in [3.63, 3.8) is 0 Å². The van der Waals surface area contributed by atoms with Crippen LogP contribution in [0.25, 0.3) is 22.2 Å². The molecule has 6 nitrogen and oxygen atoms in total. The van der Waals surface area contributed by atoms with Crippen LogP contribution in [0.3, 0.4) is 0 Å². The molecule has 0 unspecified atom stereocenters. The van der Waals surface area contributed by atoms with E-state index in [4.69, 9.17) is 11.6 Å². The first kappa shape index (κ1) is 21.1. The van der Waals surface area contributed by atoms with Crippen molar-refractivity contribution in [3.05, 3.63) is 77.3 Å². The van der Waals surface area contributed by atoms with Gasteiger partial charge in [0.2, 0.25) is 0 Å². The highest BCUT2D eigenvalue weighted by atomic mass is 35.5. The monoisotopic (exact) mass is 449 g/mol. The van der Waals surface area contributed by atoms with Crippen molar-refractivity contribution in [2.75, 3.05) is 5.75 Å². The molecule has 0 aliphatic rings. The fourth-order valence-corrected chi connectivity index (χ4v) is 4.11. The van der Waals surface area contributed by atoms with Crippen LogP contribution < -0.4 is 5.43 Å². The van der Waals surface area contributed by atoms with Crippen molar-refractivity contribution in [2.45, 2.75) is 18.6 Å². The fourth-order valence-electron chi connectivity index (χ4n) is 3.19. The zero-order valence-electron chi connectivity index (χ0n) is 16.8. The highest BCUT2D eigenvalue weighted by Crippen LogP contribution is 2.25. The predicted octanol–water partition coefficient (Wildman–Crippen LogP) is 5.01. The Balaban J connectivity index is 1.39. The number of nitrogens with one attached hydrogen (secondary N) is 1. The Morgan fingerprint density at radius 3 is 2.68 bits per heavy atom. The van der Waals surface area contributed by atoms with Gasteiger partial charge in [-0.05, 0) is 42.0 Å². The van der Waals surface area contributed by atoms with E-state index in [9.17, 15) is 4.79 Å². The lowest BCUT2D eigenvalue weighted by Gasteiger charge is -2.07. The molecule has 0 saturated heterocycles. The first-order valence-corrected chi connectivity index (χ1v) is 11.1. The molecule has 1 heterocycles. The van der Waals surface area contributed by atoms with Crippen molar-refractivity contribution < 1.29 is 4.79 Å². The van der Waals surface area contributed by atoms with Gasteiger partial charge in [-0.3, -0.25) is 4.79 Å². The molecule has 0 saturated carbocycles. The fraction of sp³-hybridized carbons (Fsp3) is 0.130. The van der Waals surface area contributed by atoms with Crippen LogP contribution in [0.2, 0.25) is 5.02 Å². The largest absolute Gasteiger partial charge is 0.302 e. The highest BCUT2D eigenvalue weighted by Gasteiger charge is 2.14. The van der Waals surface area contributed by atoms with Crippen molar-refractivity contribution in [1.29, 1.82) is 0 Å². The minimum Gasteiger partial charge on any atom is -0.302 e. The summed E-state index contributed by atoms with van der Waals surface area (Å²) in [6, 6.07) is 21.5. The van der Waals surface area contributed by atoms with Gasteiger partial charge in [-0.1, -0.05) is 65.8 Å².